The maximum Gasteiger partial charge on any atom is 0.272 e. The van der Waals surface area contributed by atoms with E-state index >= 15 is 0 Å². The lowest BCUT2D eigenvalue weighted by atomic mass is 9.86. The normalized spacial score (nSPS) is 17.9. The number of benzene rings is 3. The highest BCUT2D eigenvalue weighted by Gasteiger charge is 2.43. The average molecular weight is 1100 g/mol. The van der Waals surface area contributed by atoms with Crippen molar-refractivity contribution in [2.75, 3.05) is 0 Å². The molecule has 3 saturated carbocycles. The SMILES string of the molecule is CCn1cc(-c2cccc(C(NC(=O)c3ncccc3Cl)C3(O)CCCC3)c2)cn1.NC(c1cccc(Br)c1)C1(O)CCCC1.O=C(NC(c1cccc(Br)c1)C1(O)CCCC1)c1ncccc1Cl. The van der Waals surface area contributed by atoms with Crippen LogP contribution in [0.4, 0.5) is 0 Å². The van der Waals surface area contributed by atoms with Gasteiger partial charge in [-0.2, -0.15) is 5.10 Å². The molecule has 3 atom stereocenters. The number of aliphatic hydroxyl groups is 3. The quantitative estimate of drug-likeness (QED) is 0.0693. The van der Waals surface area contributed by atoms with E-state index in [4.69, 9.17) is 28.9 Å². The Morgan fingerprint density at radius 1 is 0.638 bits per heavy atom. The van der Waals surface area contributed by atoms with Crippen molar-refractivity contribution >= 4 is 66.9 Å². The van der Waals surface area contributed by atoms with E-state index in [2.05, 4.69) is 57.6 Å². The molecule has 6 aromatic rings. The molecule has 3 aromatic heterocycles. The van der Waals surface area contributed by atoms with Crippen LogP contribution < -0.4 is 16.4 Å². The molecule has 2 amide bonds. The Morgan fingerprint density at radius 2 is 1.07 bits per heavy atom. The molecule has 16 heteroatoms. The Bertz CT molecular complexity index is 2690. The van der Waals surface area contributed by atoms with Gasteiger partial charge < -0.3 is 31.7 Å². The second-order valence-electron chi connectivity index (χ2n) is 18.2. The number of nitrogens with one attached hydrogen (secondary N) is 2. The van der Waals surface area contributed by atoms with E-state index in [-0.39, 0.29) is 28.4 Å². The summed E-state index contributed by atoms with van der Waals surface area (Å²) in [6.45, 7) is 2.83. The lowest BCUT2D eigenvalue weighted by Gasteiger charge is -2.34. The second-order valence-corrected chi connectivity index (χ2v) is 20.9. The van der Waals surface area contributed by atoms with E-state index in [1.54, 1.807) is 24.3 Å². The molecule has 0 saturated heterocycles. The molecule has 3 aromatic carbocycles. The van der Waals surface area contributed by atoms with Gasteiger partial charge in [0.25, 0.3) is 11.8 Å². The summed E-state index contributed by atoms with van der Waals surface area (Å²) in [5.74, 6) is -0.777. The summed E-state index contributed by atoms with van der Waals surface area (Å²) >= 11 is 19.1. The van der Waals surface area contributed by atoms with Crippen LogP contribution in [0.1, 0.15) is 140 Å². The molecular formula is C53H59Br2Cl2N7O5. The Hall–Kier alpha value is -4.51. The molecule has 3 heterocycles. The van der Waals surface area contributed by atoms with Gasteiger partial charge in [0.2, 0.25) is 0 Å². The number of halogens is 4. The maximum atomic E-state index is 13.0. The van der Waals surface area contributed by atoms with Crippen molar-refractivity contribution in [2.24, 2.45) is 5.73 Å². The Balaban J connectivity index is 0.000000161. The minimum Gasteiger partial charge on any atom is -0.388 e. The molecule has 0 aliphatic heterocycles. The van der Waals surface area contributed by atoms with Crippen LogP contribution in [-0.4, -0.2) is 63.7 Å². The molecule has 3 aliphatic carbocycles. The van der Waals surface area contributed by atoms with E-state index in [0.29, 0.717) is 30.7 Å². The van der Waals surface area contributed by atoms with Crippen molar-refractivity contribution in [3.63, 3.8) is 0 Å². The third-order valence-electron chi connectivity index (χ3n) is 13.5. The summed E-state index contributed by atoms with van der Waals surface area (Å²) in [5, 5.41) is 43.7. The number of aryl methyl sites for hydroxylation is 1. The monoisotopic (exact) mass is 1100 g/mol. The Kier molecular flexibility index (Phi) is 17.9. The zero-order chi connectivity index (χ0) is 49.2. The third-order valence-corrected chi connectivity index (χ3v) is 15.1. The number of rotatable bonds is 12. The summed E-state index contributed by atoms with van der Waals surface area (Å²) in [6.07, 6.45) is 17.0. The molecule has 9 rings (SSSR count). The molecule has 12 nitrogen and oxygen atoms in total. The van der Waals surface area contributed by atoms with Crippen LogP contribution in [0.2, 0.25) is 10.0 Å². The van der Waals surface area contributed by atoms with Gasteiger partial charge in [0.1, 0.15) is 11.4 Å². The van der Waals surface area contributed by atoms with Crippen molar-refractivity contribution in [3.8, 4) is 11.1 Å². The fourth-order valence-corrected chi connectivity index (χ4v) is 10.9. The van der Waals surface area contributed by atoms with E-state index in [9.17, 15) is 24.9 Å². The van der Waals surface area contributed by atoms with Gasteiger partial charge >= 0.3 is 0 Å². The number of carbonyl (C=O) groups is 2. The lowest BCUT2D eigenvalue weighted by molar-refractivity contribution is 0.00705. The van der Waals surface area contributed by atoms with Gasteiger partial charge in [-0.3, -0.25) is 14.3 Å². The van der Waals surface area contributed by atoms with Gasteiger partial charge in [0.05, 0.1) is 51.2 Å². The van der Waals surface area contributed by atoms with Crippen LogP contribution >= 0.6 is 55.1 Å². The van der Waals surface area contributed by atoms with Gasteiger partial charge in [-0.15, -0.1) is 0 Å². The first-order valence-corrected chi connectivity index (χ1v) is 25.8. The number of nitrogens with zero attached hydrogens (tertiary/aromatic N) is 4. The highest BCUT2D eigenvalue weighted by molar-refractivity contribution is 9.10. The first-order valence-electron chi connectivity index (χ1n) is 23.5. The highest BCUT2D eigenvalue weighted by Crippen LogP contribution is 2.43. The number of pyridine rings is 2. The molecular weight excluding hydrogens is 1050 g/mol. The smallest absolute Gasteiger partial charge is 0.272 e. The minimum absolute atomic E-state index is 0.158. The first-order chi connectivity index (χ1) is 33.1. The fraction of sp³-hybridized carbons (Fsp3) is 0.377. The predicted molar refractivity (Wildman–Crippen MR) is 278 cm³/mol. The minimum atomic E-state index is -1.01. The standard InChI is InChI=1S/C23H25ClN4O2.C18H18BrClN2O2.C12H16BrNO/c1-2-28-15-18(14-26-28)16-7-5-8-17(13-16)21(23(30)10-3-4-11-23)27-22(29)20-19(24)9-6-12-25-20;19-13-6-3-5-12(11-13)16(18(24)8-1-2-9-18)22-17(23)15-14(20)7-4-10-21-15;13-10-5-3-4-9(8-10)11(14)12(15)6-1-2-7-12/h5-9,12-15,21,30H,2-4,10-11H2,1H3,(H,27,29);3-7,10-11,16,24H,1-2,8-9H2,(H,22,23);3-5,8,11,15H,1-2,6-7,14H2. The predicted octanol–water partition coefficient (Wildman–Crippen LogP) is 11.4. The van der Waals surface area contributed by atoms with Gasteiger partial charge in [-0.25, -0.2) is 9.97 Å². The highest BCUT2D eigenvalue weighted by atomic mass is 79.9. The summed E-state index contributed by atoms with van der Waals surface area (Å²) in [7, 11) is 0. The van der Waals surface area contributed by atoms with Crippen LogP contribution in [0.15, 0.2) is 131 Å². The van der Waals surface area contributed by atoms with Crippen LogP contribution in [0.25, 0.3) is 11.1 Å². The molecule has 364 valence electrons. The lowest BCUT2D eigenvalue weighted by Crippen LogP contribution is -2.44. The Labute approximate surface area is 430 Å². The van der Waals surface area contributed by atoms with Gasteiger partial charge in [-0.1, -0.05) is 136 Å². The number of amides is 2. The molecule has 3 unspecified atom stereocenters. The van der Waals surface area contributed by atoms with Crippen molar-refractivity contribution in [2.45, 2.75) is 125 Å². The summed E-state index contributed by atoms with van der Waals surface area (Å²) in [6, 6.07) is 28.7. The Morgan fingerprint density at radius 3 is 1.52 bits per heavy atom. The second kappa shape index (κ2) is 23.6. The van der Waals surface area contributed by atoms with Crippen LogP contribution in [-0.2, 0) is 6.54 Å². The molecule has 3 fully saturated rings. The molecule has 0 spiro atoms. The van der Waals surface area contributed by atoms with Crippen molar-refractivity contribution in [3.05, 3.63) is 169 Å². The van der Waals surface area contributed by atoms with Gasteiger partial charge in [-0.05, 0) is 122 Å². The van der Waals surface area contributed by atoms with E-state index < -0.39 is 34.8 Å². The first kappa shape index (κ1) is 52.3. The maximum absolute atomic E-state index is 13.0. The summed E-state index contributed by atoms with van der Waals surface area (Å²) in [5.41, 5.74) is 8.49. The van der Waals surface area contributed by atoms with Crippen LogP contribution in [0.5, 0.6) is 0 Å². The number of hydrogen-bond donors (Lipinski definition) is 6. The van der Waals surface area contributed by atoms with Gasteiger partial charge in [0.15, 0.2) is 0 Å². The van der Waals surface area contributed by atoms with E-state index in [0.717, 1.165) is 94.7 Å². The van der Waals surface area contributed by atoms with Crippen LogP contribution in [0, 0.1) is 0 Å². The fourth-order valence-electron chi connectivity index (χ4n) is 9.69. The number of nitrogens with two attached hydrogens (primary N) is 1. The molecule has 3 aliphatic rings. The summed E-state index contributed by atoms with van der Waals surface area (Å²) in [4.78, 5) is 33.8. The number of aromatic nitrogens is 4. The van der Waals surface area contributed by atoms with Crippen molar-refractivity contribution < 1.29 is 24.9 Å². The zero-order valence-electron chi connectivity index (χ0n) is 38.5. The van der Waals surface area contributed by atoms with Gasteiger partial charge in [0, 0.05) is 39.6 Å². The van der Waals surface area contributed by atoms with E-state index in [1.807, 2.05) is 96.8 Å². The zero-order valence-corrected chi connectivity index (χ0v) is 43.2. The van der Waals surface area contributed by atoms with E-state index in [1.165, 1.54) is 12.4 Å². The molecule has 0 radical (unpaired) electrons. The largest absolute Gasteiger partial charge is 0.388 e. The van der Waals surface area contributed by atoms with Crippen molar-refractivity contribution in [1.82, 2.24) is 30.4 Å². The van der Waals surface area contributed by atoms with Crippen molar-refractivity contribution in [1.29, 1.82) is 0 Å². The number of carbonyl (C=O) groups excluding carboxylic acids is 2. The van der Waals surface area contributed by atoms with Crippen LogP contribution in [0.3, 0.4) is 0 Å². The topological polar surface area (TPSA) is 189 Å². The third kappa shape index (κ3) is 13.1. The average Bonchev–Trinajstić information content (AvgIpc) is 4.20. The summed E-state index contributed by atoms with van der Waals surface area (Å²) < 4.78 is 3.78. The molecule has 0 bridgehead atoms. The molecule has 7 N–H and O–H groups in total. The molecule has 69 heavy (non-hydrogen) atoms. The number of hydrogen-bond acceptors (Lipinski definition) is 9.